The fraction of sp³-hybridized carbons (Fsp3) is 0.652. The van der Waals surface area contributed by atoms with Crippen LogP contribution in [0.25, 0.3) is 0 Å². The van der Waals surface area contributed by atoms with E-state index < -0.39 is 36.4 Å². The number of amides is 2. The van der Waals surface area contributed by atoms with E-state index in [1.165, 1.54) is 0 Å². The number of hydrogen-bond donors (Lipinski definition) is 2. The molecule has 2 aliphatic heterocycles. The normalized spacial score (nSPS) is 31.2. The first-order valence-corrected chi connectivity index (χ1v) is 11.5. The van der Waals surface area contributed by atoms with E-state index in [1.54, 1.807) is 4.90 Å². The molecule has 1 saturated carbocycles. The second-order valence-electron chi connectivity index (χ2n) is 9.36. The van der Waals surface area contributed by atoms with Crippen LogP contribution in [0.2, 0.25) is 0 Å². The third-order valence-corrected chi connectivity index (χ3v) is 7.46. The molecule has 4 rings (SSSR count). The van der Waals surface area contributed by atoms with Gasteiger partial charge in [-0.1, -0.05) is 43.2 Å². The number of piperidine rings is 1. The van der Waals surface area contributed by atoms with Crippen molar-refractivity contribution >= 4 is 12.0 Å². The molecule has 2 N–H and O–H groups in total. The lowest BCUT2D eigenvalue weighted by Gasteiger charge is -2.54. The summed E-state index contributed by atoms with van der Waals surface area (Å²) in [4.78, 5) is 28.8. The molecular formula is C23H30F3N3O4. The molecular weight excluding hydrogens is 439 g/mol. The number of fused-ring (bicyclic) bond motifs is 1. The Balaban J connectivity index is 1.60. The van der Waals surface area contributed by atoms with Crippen molar-refractivity contribution in [2.75, 3.05) is 32.7 Å². The minimum Gasteiger partial charge on any atom is -0.465 e. The van der Waals surface area contributed by atoms with Gasteiger partial charge in [0.15, 0.2) is 0 Å². The third-order valence-electron chi connectivity index (χ3n) is 7.46. The lowest BCUT2D eigenvalue weighted by atomic mass is 9.66. The zero-order valence-corrected chi connectivity index (χ0v) is 18.4. The number of likely N-dealkylation sites (tertiary alicyclic amines) is 1. The molecule has 182 valence electrons. The molecule has 0 bridgehead atoms. The van der Waals surface area contributed by atoms with Gasteiger partial charge in [0.2, 0.25) is 5.91 Å². The van der Waals surface area contributed by atoms with E-state index in [4.69, 9.17) is 0 Å². The molecule has 33 heavy (non-hydrogen) atoms. The van der Waals surface area contributed by atoms with Crippen molar-refractivity contribution in [1.29, 1.82) is 0 Å². The highest BCUT2D eigenvalue weighted by Crippen LogP contribution is 2.47. The molecule has 10 heteroatoms. The Kier molecular flexibility index (Phi) is 6.59. The molecule has 0 radical (unpaired) electrons. The molecule has 2 amide bonds. The van der Waals surface area contributed by atoms with Crippen LogP contribution in [0, 0.1) is 5.92 Å². The first-order chi connectivity index (χ1) is 15.6. The number of hydrogen-bond acceptors (Lipinski definition) is 4. The van der Waals surface area contributed by atoms with Crippen LogP contribution in [-0.2, 0) is 10.4 Å². The number of aliphatic hydroxyl groups is 1. The molecule has 2 saturated heterocycles. The number of halogens is 3. The number of carboxylic acid groups (broad SMARTS) is 1. The van der Waals surface area contributed by atoms with Gasteiger partial charge in [-0.2, -0.15) is 13.2 Å². The minimum atomic E-state index is -4.49. The zero-order chi connectivity index (χ0) is 23.8. The first-order valence-electron chi connectivity index (χ1n) is 11.5. The highest BCUT2D eigenvalue weighted by Gasteiger charge is 2.52. The third kappa shape index (κ3) is 4.82. The number of rotatable bonds is 3. The van der Waals surface area contributed by atoms with Crippen molar-refractivity contribution in [3.05, 3.63) is 35.9 Å². The number of nitrogens with zero attached hydrogens (tertiary/aromatic N) is 3. The van der Waals surface area contributed by atoms with Gasteiger partial charge in [-0.25, -0.2) is 4.79 Å². The lowest BCUT2D eigenvalue weighted by molar-refractivity contribution is -0.172. The van der Waals surface area contributed by atoms with Crippen molar-refractivity contribution in [3.63, 3.8) is 0 Å². The lowest BCUT2D eigenvalue weighted by Crippen LogP contribution is -2.66. The predicted molar refractivity (Wildman–Crippen MR) is 113 cm³/mol. The summed E-state index contributed by atoms with van der Waals surface area (Å²) >= 11 is 0. The highest BCUT2D eigenvalue weighted by molar-refractivity contribution is 5.83. The second-order valence-corrected chi connectivity index (χ2v) is 9.36. The Morgan fingerprint density at radius 2 is 1.76 bits per heavy atom. The summed E-state index contributed by atoms with van der Waals surface area (Å²) < 4.78 is 39.6. The standard InChI is InChI=1S/C23H30F3N3O4/c24-23(25,26)15-28-13-12-27(21(31)32)14-19(28)20(30)29-11-10-22(33,16-6-2-1-3-7-16)17-8-4-5-9-18(17)29/h1-3,6-7,17-19,33H,4-5,8-15H2,(H,31,32)/t17-,18?,19?,22-/m0/s1. The summed E-state index contributed by atoms with van der Waals surface area (Å²) in [6, 6.07) is 7.86. The summed E-state index contributed by atoms with van der Waals surface area (Å²) in [5, 5.41) is 21.1. The van der Waals surface area contributed by atoms with Gasteiger partial charge in [-0.05, 0) is 24.8 Å². The van der Waals surface area contributed by atoms with Crippen molar-refractivity contribution in [2.45, 2.75) is 56.0 Å². The van der Waals surface area contributed by atoms with Crippen molar-refractivity contribution < 1.29 is 33.0 Å². The van der Waals surface area contributed by atoms with E-state index in [0.717, 1.165) is 34.6 Å². The zero-order valence-electron chi connectivity index (χ0n) is 18.4. The van der Waals surface area contributed by atoms with Gasteiger partial charge in [0, 0.05) is 38.1 Å². The molecule has 3 fully saturated rings. The average molecular weight is 470 g/mol. The maximum Gasteiger partial charge on any atom is 0.407 e. The van der Waals surface area contributed by atoms with E-state index in [0.29, 0.717) is 12.8 Å². The maximum absolute atomic E-state index is 13.6. The van der Waals surface area contributed by atoms with Crippen molar-refractivity contribution in [3.8, 4) is 0 Å². The number of carbonyl (C=O) groups excluding carboxylic acids is 1. The van der Waals surface area contributed by atoms with Crippen LogP contribution in [0.3, 0.4) is 0 Å². The summed E-state index contributed by atoms with van der Waals surface area (Å²) in [7, 11) is 0. The van der Waals surface area contributed by atoms with Gasteiger partial charge < -0.3 is 20.0 Å². The summed E-state index contributed by atoms with van der Waals surface area (Å²) in [6.45, 7) is -1.56. The van der Waals surface area contributed by atoms with Gasteiger partial charge in [0.25, 0.3) is 0 Å². The minimum absolute atomic E-state index is 0.0744. The summed E-state index contributed by atoms with van der Waals surface area (Å²) in [6.07, 6.45) is -2.28. The van der Waals surface area contributed by atoms with Crippen LogP contribution in [0.4, 0.5) is 18.0 Å². The van der Waals surface area contributed by atoms with E-state index >= 15 is 0 Å². The van der Waals surface area contributed by atoms with Crippen molar-refractivity contribution in [1.82, 2.24) is 14.7 Å². The van der Waals surface area contributed by atoms with Gasteiger partial charge in [0.1, 0.15) is 6.04 Å². The summed E-state index contributed by atoms with van der Waals surface area (Å²) in [5.74, 6) is -0.696. The smallest absolute Gasteiger partial charge is 0.407 e. The van der Waals surface area contributed by atoms with Gasteiger partial charge in [-0.15, -0.1) is 0 Å². The van der Waals surface area contributed by atoms with E-state index in [-0.39, 0.29) is 38.1 Å². The monoisotopic (exact) mass is 469 g/mol. The van der Waals surface area contributed by atoms with Gasteiger partial charge in [-0.3, -0.25) is 9.69 Å². The largest absolute Gasteiger partial charge is 0.465 e. The highest BCUT2D eigenvalue weighted by atomic mass is 19.4. The van der Waals surface area contributed by atoms with Crippen molar-refractivity contribution in [2.24, 2.45) is 5.92 Å². The Morgan fingerprint density at radius 1 is 1.06 bits per heavy atom. The maximum atomic E-state index is 13.6. The first kappa shape index (κ1) is 23.8. The number of benzene rings is 1. The van der Waals surface area contributed by atoms with Crippen LogP contribution in [-0.4, -0.2) is 87.9 Å². The quantitative estimate of drug-likeness (QED) is 0.711. The Bertz CT molecular complexity index is 868. The second kappa shape index (κ2) is 9.13. The molecule has 0 aromatic heterocycles. The van der Waals surface area contributed by atoms with Crippen LogP contribution >= 0.6 is 0 Å². The number of alkyl halides is 3. The van der Waals surface area contributed by atoms with Gasteiger partial charge in [0.05, 0.1) is 12.1 Å². The Labute approximate surface area is 190 Å². The van der Waals surface area contributed by atoms with Crippen LogP contribution in [0.15, 0.2) is 30.3 Å². The van der Waals surface area contributed by atoms with Crippen LogP contribution in [0.1, 0.15) is 37.7 Å². The topological polar surface area (TPSA) is 84.3 Å². The molecule has 7 nitrogen and oxygen atoms in total. The molecule has 1 aromatic carbocycles. The molecule has 1 aliphatic carbocycles. The van der Waals surface area contributed by atoms with E-state index in [2.05, 4.69) is 0 Å². The van der Waals surface area contributed by atoms with E-state index in [9.17, 15) is 33.0 Å². The summed E-state index contributed by atoms with van der Waals surface area (Å²) in [5.41, 5.74) is -0.309. The average Bonchev–Trinajstić information content (AvgIpc) is 2.79. The Hall–Kier alpha value is -2.33. The fourth-order valence-electron chi connectivity index (χ4n) is 5.88. The SMILES string of the molecule is O=C(O)N1CCN(CC(F)(F)F)C(C(=O)N2CC[C@](O)(c3ccccc3)[C@H]3CCCCC32)C1. The molecule has 2 heterocycles. The molecule has 1 aromatic rings. The van der Waals surface area contributed by atoms with E-state index in [1.807, 2.05) is 30.3 Å². The molecule has 3 aliphatic rings. The number of piperazine rings is 1. The predicted octanol–water partition coefficient (Wildman–Crippen LogP) is 2.89. The fourth-order valence-corrected chi connectivity index (χ4v) is 5.88. The molecule has 4 atom stereocenters. The molecule has 2 unspecified atom stereocenters. The van der Waals surface area contributed by atoms with Crippen LogP contribution < -0.4 is 0 Å². The van der Waals surface area contributed by atoms with Crippen LogP contribution in [0.5, 0.6) is 0 Å². The number of carbonyl (C=O) groups is 2. The van der Waals surface area contributed by atoms with Gasteiger partial charge >= 0.3 is 12.3 Å². The molecule has 0 spiro atoms. The Morgan fingerprint density at radius 3 is 2.42 bits per heavy atom.